The molecule has 110 valence electrons. The van der Waals surface area contributed by atoms with Gasteiger partial charge in [-0.2, -0.15) is 13.2 Å². The van der Waals surface area contributed by atoms with Crippen LogP contribution in [0.1, 0.15) is 24.5 Å². The molecule has 0 aromatic heterocycles. The van der Waals surface area contributed by atoms with Gasteiger partial charge in [-0.25, -0.2) is 0 Å². The fourth-order valence-electron chi connectivity index (χ4n) is 2.56. The van der Waals surface area contributed by atoms with Crippen molar-refractivity contribution in [1.82, 2.24) is 5.32 Å². The zero-order chi connectivity index (χ0) is 15.0. The summed E-state index contributed by atoms with van der Waals surface area (Å²) in [5.41, 5.74) is -0.808. The third-order valence-electron chi connectivity index (χ3n) is 3.76. The lowest BCUT2D eigenvalue weighted by Gasteiger charge is -2.18. The van der Waals surface area contributed by atoms with Crippen LogP contribution in [0.3, 0.4) is 0 Å². The van der Waals surface area contributed by atoms with Crippen molar-refractivity contribution in [2.45, 2.75) is 31.5 Å². The molecule has 2 N–H and O–H groups in total. The van der Waals surface area contributed by atoms with E-state index in [1.165, 1.54) is 12.1 Å². The Hall–Kier alpha value is -1.56. The van der Waals surface area contributed by atoms with Crippen molar-refractivity contribution >= 4 is 5.97 Å². The van der Waals surface area contributed by atoms with Crippen LogP contribution in [0.25, 0.3) is 0 Å². The van der Waals surface area contributed by atoms with Crippen molar-refractivity contribution in [3.05, 3.63) is 35.4 Å². The number of carboxylic acid groups (broad SMARTS) is 1. The maximum absolute atomic E-state index is 12.4. The maximum atomic E-state index is 12.4. The summed E-state index contributed by atoms with van der Waals surface area (Å²) in [6, 6.07) is 5.04. The molecule has 0 bridgehead atoms. The Bertz CT molecular complexity index is 498. The fourth-order valence-corrected chi connectivity index (χ4v) is 2.56. The monoisotopic (exact) mass is 287 g/mol. The standard InChI is InChI=1S/C14H16F3NO2/c1-13(12(19)20)7-10(8-18-13)6-9-2-4-11(5-3-9)14(15,16)17/h2-5,10,18H,6-8H2,1H3,(H,19,20). The molecule has 2 unspecified atom stereocenters. The normalized spacial score (nSPS) is 26.7. The molecule has 1 aliphatic rings. The van der Waals surface area contributed by atoms with E-state index < -0.39 is 23.2 Å². The van der Waals surface area contributed by atoms with Gasteiger partial charge >= 0.3 is 12.1 Å². The minimum Gasteiger partial charge on any atom is -0.480 e. The van der Waals surface area contributed by atoms with Gasteiger partial charge in [-0.05, 0) is 49.9 Å². The maximum Gasteiger partial charge on any atom is 0.416 e. The molecule has 1 aromatic rings. The summed E-state index contributed by atoms with van der Waals surface area (Å²) >= 11 is 0. The number of alkyl halides is 3. The summed E-state index contributed by atoms with van der Waals surface area (Å²) in [5.74, 6) is -0.778. The van der Waals surface area contributed by atoms with Gasteiger partial charge in [0.15, 0.2) is 0 Å². The van der Waals surface area contributed by atoms with Crippen molar-refractivity contribution in [2.75, 3.05) is 6.54 Å². The molecule has 3 nitrogen and oxygen atoms in total. The molecule has 2 rings (SSSR count). The SMILES string of the molecule is CC1(C(=O)O)CC(Cc2ccc(C(F)(F)F)cc2)CN1. The molecule has 2 atom stereocenters. The first kappa shape index (κ1) is 14.8. The highest BCUT2D eigenvalue weighted by Gasteiger charge is 2.40. The predicted octanol–water partition coefficient (Wildman–Crippen LogP) is 2.70. The van der Waals surface area contributed by atoms with Gasteiger partial charge in [0.1, 0.15) is 5.54 Å². The van der Waals surface area contributed by atoms with E-state index in [9.17, 15) is 18.0 Å². The first-order chi connectivity index (χ1) is 9.21. The fraction of sp³-hybridized carbons (Fsp3) is 0.500. The highest BCUT2D eigenvalue weighted by atomic mass is 19.4. The average Bonchev–Trinajstić information content (AvgIpc) is 2.72. The number of aliphatic carboxylic acids is 1. The minimum absolute atomic E-state index is 0.118. The molecule has 20 heavy (non-hydrogen) atoms. The molecular weight excluding hydrogens is 271 g/mol. The number of carbonyl (C=O) groups is 1. The molecule has 0 radical (unpaired) electrons. The number of nitrogens with one attached hydrogen (secondary N) is 1. The molecule has 0 spiro atoms. The summed E-state index contributed by atoms with van der Waals surface area (Å²) in [6.07, 6.45) is -3.27. The van der Waals surface area contributed by atoms with Crippen molar-refractivity contribution in [3.63, 3.8) is 0 Å². The van der Waals surface area contributed by atoms with Crippen LogP contribution in [0.4, 0.5) is 13.2 Å². The summed E-state index contributed by atoms with van der Waals surface area (Å²) in [4.78, 5) is 11.1. The number of hydrogen-bond donors (Lipinski definition) is 2. The lowest BCUT2D eigenvalue weighted by atomic mass is 9.90. The second-order valence-corrected chi connectivity index (χ2v) is 5.49. The van der Waals surface area contributed by atoms with Crippen LogP contribution in [0, 0.1) is 5.92 Å². The number of halogens is 3. The number of carboxylic acids is 1. The summed E-state index contributed by atoms with van der Waals surface area (Å²) in [7, 11) is 0. The first-order valence-corrected chi connectivity index (χ1v) is 6.35. The average molecular weight is 287 g/mol. The van der Waals surface area contributed by atoms with Crippen LogP contribution >= 0.6 is 0 Å². The summed E-state index contributed by atoms with van der Waals surface area (Å²) in [5, 5.41) is 12.1. The zero-order valence-corrected chi connectivity index (χ0v) is 11.0. The van der Waals surface area contributed by atoms with E-state index in [-0.39, 0.29) is 5.92 Å². The predicted molar refractivity (Wildman–Crippen MR) is 67.3 cm³/mol. The van der Waals surface area contributed by atoms with Crippen LogP contribution in [-0.2, 0) is 17.4 Å². The van der Waals surface area contributed by atoms with Crippen LogP contribution in [0.15, 0.2) is 24.3 Å². The van der Waals surface area contributed by atoms with Crippen molar-refractivity contribution in [2.24, 2.45) is 5.92 Å². The highest BCUT2D eigenvalue weighted by molar-refractivity contribution is 5.78. The third kappa shape index (κ3) is 3.12. The minimum atomic E-state index is -4.32. The quantitative estimate of drug-likeness (QED) is 0.898. The molecule has 0 saturated carbocycles. The van der Waals surface area contributed by atoms with Gasteiger partial charge in [-0.1, -0.05) is 12.1 Å². The van der Waals surface area contributed by atoms with Crippen LogP contribution < -0.4 is 5.32 Å². The summed E-state index contributed by atoms with van der Waals surface area (Å²) in [6.45, 7) is 2.19. The molecule has 6 heteroatoms. The molecule has 0 amide bonds. The molecule has 1 fully saturated rings. The van der Waals surface area contributed by atoms with E-state index in [1.807, 2.05) is 0 Å². The lowest BCUT2D eigenvalue weighted by Crippen LogP contribution is -2.44. The van der Waals surface area contributed by atoms with E-state index in [4.69, 9.17) is 5.11 Å². The van der Waals surface area contributed by atoms with Crippen LogP contribution in [0.5, 0.6) is 0 Å². The Labute approximate surface area is 114 Å². The molecule has 1 aromatic carbocycles. The Morgan fingerprint density at radius 3 is 2.45 bits per heavy atom. The second-order valence-electron chi connectivity index (χ2n) is 5.49. The number of benzene rings is 1. The van der Waals surface area contributed by atoms with Gasteiger partial charge in [0.2, 0.25) is 0 Å². The number of rotatable bonds is 3. The van der Waals surface area contributed by atoms with Gasteiger partial charge in [0.05, 0.1) is 5.56 Å². The molecular formula is C14H16F3NO2. The largest absolute Gasteiger partial charge is 0.480 e. The molecule has 1 saturated heterocycles. The highest BCUT2D eigenvalue weighted by Crippen LogP contribution is 2.31. The second kappa shape index (κ2) is 5.09. The van der Waals surface area contributed by atoms with Crippen LogP contribution in [-0.4, -0.2) is 23.2 Å². The van der Waals surface area contributed by atoms with Crippen molar-refractivity contribution in [3.8, 4) is 0 Å². The van der Waals surface area contributed by atoms with Gasteiger partial charge in [-0.15, -0.1) is 0 Å². The summed E-state index contributed by atoms with van der Waals surface area (Å²) < 4.78 is 37.3. The smallest absolute Gasteiger partial charge is 0.416 e. The zero-order valence-electron chi connectivity index (χ0n) is 11.0. The Kier molecular flexibility index (Phi) is 3.77. The molecule has 1 aliphatic heterocycles. The van der Waals surface area contributed by atoms with Crippen molar-refractivity contribution < 1.29 is 23.1 Å². The van der Waals surface area contributed by atoms with E-state index in [0.717, 1.165) is 17.7 Å². The third-order valence-corrected chi connectivity index (χ3v) is 3.76. The van der Waals surface area contributed by atoms with Crippen LogP contribution in [0.2, 0.25) is 0 Å². The van der Waals surface area contributed by atoms with Gasteiger partial charge in [-0.3, -0.25) is 4.79 Å². The van der Waals surface area contributed by atoms with Gasteiger partial charge in [0.25, 0.3) is 0 Å². The van der Waals surface area contributed by atoms with Gasteiger partial charge in [0, 0.05) is 0 Å². The Morgan fingerprint density at radius 2 is 2.00 bits per heavy atom. The lowest BCUT2D eigenvalue weighted by molar-refractivity contribution is -0.143. The Morgan fingerprint density at radius 1 is 1.40 bits per heavy atom. The van der Waals surface area contributed by atoms with Gasteiger partial charge < -0.3 is 10.4 Å². The van der Waals surface area contributed by atoms with E-state index in [0.29, 0.717) is 19.4 Å². The topological polar surface area (TPSA) is 49.3 Å². The van der Waals surface area contributed by atoms with E-state index in [1.54, 1.807) is 6.92 Å². The van der Waals surface area contributed by atoms with E-state index >= 15 is 0 Å². The van der Waals surface area contributed by atoms with Crippen molar-refractivity contribution in [1.29, 1.82) is 0 Å². The Balaban J connectivity index is 2.00. The first-order valence-electron chi connectivity index (χ1n) is 6.35. The van der Waals surface area contributed by atoms with E-state index in [2.05, 4.69) is 5.32 Å². The molecule has 1 heterocycles. The molecule has 0 aliphatic carbocycles. The number of hydrogen-bond acceptors (Lipinski definition) is 2.